The molecule has 0 aliphatic heterocycles. The van der Waals surface area contributed by atoms with Crippen LogP contribution in [-0.4, -0.2) is 9.97 Å². The van der Waals surface area contributed by atoms with Gasteiger partial charge in [0.15, 0.2) is 0 Å². The minimum Gasteiger partial charge on any atom is -0.338 e. The van der Waals surface area contributed by atoms with E-state index >= 15 is 0 Å². The van der Waals surface area contributed by atoms with Crippen LogP contribution in [0.4, 0.5) is 0 Å². The van der Waals surface area contributed by atoms with Gasteiger partial charge in [0.1, 0.15) is 5.82 Å². The largest absolute Gasteiger partial charge is 0.338 e. The summed E-state index contributed by atoms with van der Waals surface area (Å²) >= 11 is 7.02. The van der Waals surface area contributed by atoms with Crippen molar-refractivity contribution in [2.24, 2.45) is 0 Å². The molecule has 2 nitrogen and oxygen atoms in total. The van der Waals surface area contributed by atoms with E-state index < -0.39 is 0 Å². The first-order chi connectivity index (χ1) is 9.02. The molecular weight excluding hydrogens is 368 g/mol. The van der Waals surface area contributed by atoms with E-state index in [9.17, 15) is 0 Å². The first kappa shape index (κ1) is 12.9. The van der Waals surface area contributed by atoms with Crippen molar-refractivity contribution in [2.75, 3.05) is 0 Å². The monoisotopic (exact) mass is 378 g/mol. The number of nitrogens with zero attached hydrogens (tertiary/aromatic N) is 1. The Bertz CT molecular complexity index is 755. The Morgan fingerprint density at radius 1 is 0.947 bits per heavy atom. The molecule has 1 aromatic heterocycles. The van der Waals surface area contributed by atoms with E-state index in [2.05, 4.69) is 75.0 Å². The number of hydrogen-bond donors (Lipinski definition) is 1. The van der Waals surface area contributed by atoms with Gasteiger partial charge in [-0.05, 0) is 49.2 Å². The fraction of sp³-hybridized carbons (Fsp3) is 0.133. The summed E-state index contributed by atoms with van der Waals surface area (Å²) < 4.78 is 2.07. The Labute approximate surface area is 128 Å². The van der Waals surface area contributed by atoms with E-state index in [4.69, 9.17) is 4.98 Å². The van der Waals surface area contributed by atoms with Gasteiger partial charge in [-0.1, -0.05) is 37.9 Å². The van der Waals surface area contributed by atoms with Crippen LogP contribution in [0, 0.1) is 13.8 Å². The van der Waals surface area contributed by atoms with Crippen LogP contribution in [-0.2, 0) is 0 Å². The maximum absolute atomic E-state index is 4.71. The first-order valence-electron chi connectivity index (χ1n) is 5.96. The van der Waals surface area contributed by atoms with Crippen LogP contribution in [0.2, 0.25) is 0 Å². The Balaban J connectivity index is 2.23. The highest BCUT2D eigenvalue weighted by Gasteiger charge is 2.09. The van der Waals surface area contributed by atoms with Gasteiger partial charge in [0.25, 0.3) is 0 Å². The topological polar surface area (TPSA) is 28.7 Å². The summed E-state index contributed by atoms with van der Waals surface area (Å²) in [6, 6.07) is 10.4. The zero-order chi connectivity index (χ0) is 13.6. The third-order valence-electron chi connectivity index (χ3n) is 3.06. The number of aromatic amines is 1. The first-order valence-corrected chi connectivity index (χ1v) is 7.55. The average molecular weight is 380 g/mol. The van der Waals surface area contributed by atoms with E-state index in [0.29, 0.717) is 0 Å². The average Bonchev–Trinajstić information content (AvgIpc) is 2.71. The van der Waals surface area contributed by atoms with Gasteiger partial charge < -0.3 is 4.98 Å². The number of rotatable bonds is 1. The molecule has 0 fully saturated rings. The summed E-state index contributed by atoms with van der Waals surface area (Å²) in [5.74, 6) is 0.894. The van der Waals surface area contributed by atoms with Crippen LogP contribution >= 0.6 is 31.9 Å². The Morgan fingerprint density at radius 2 is 1.63 bits per heavy atom. The quantitative estimate of drug-likeness (QED) is 0.604. The number of hydrogen-bond acceptors (Lipinski definition) is 1. The van der Waals surface area contributed by atoms with Crippen LogP contribution < -0.4 is 0 Å². The molecule has 0 spiro atoms. The molecule has 19 heavy (non-hydrogen) atoms. The number of H-pyrrole nitrogens is 1. The number of fused-ring (bicyclic) bond motifs is 1. The fourth-order valence-electron chi connectivity index (χ4n) is 2.30. The highest BCUT2D eigenvalue weighted by atomic mass is 79.9. The van der Waals surface area contributed by atoms with Crippen molar-refractivity contribution in [1.29, 1.82) is 0 Å². The van der Waals surface area contributed by atoms with Crippen LogP contribution in [0.15, 0.2) is 39.3 Å². The molecule has 2 aromatic carbocycles. The van der Waals surface area contributed by atoms with Gasteiger partial charge in [-0.2, -0.15) is 0 Å². The van der Waals surface area contributed by atoms with Crippen molar-refractivity contribution in [1.82, 2.24) is 9.97 Å². The molecule has 0 aliphatic rings. The predicted molar refractivity (Wildman–Crippen MR) is 86.4 cm³/mol. The molecule has 0 bridgehead atoms. The second kappa shape index (κ2) is 4.76. The summed E-state index contributed by atoms with van der Waals surface area (Å²) in [7, 11) is 0. The number of imidazole rings is 1. The smallest absolute Gasteiger partial charge is 0.138 e. The number of halogens is 2. The molecule has 4 heteroatoms. The summed E-state index contributed by atoms with van der Waals surface area (Å²) in [6.07, 6.45) is 0. The molecule has 1 N–H and O–H groups in total. The Hall–Kier alpha value is -1.13. The maximum Gasteiger partial charge on any atom is 0.138 e. The zero-order valence-electron chi connectivity index (χ0n) is 10.6. The highest BCUT2D eigenvalue weighted by Crippen LogP contribution is 2.28. The molecule has 96 valence electrons. The van der Waals surface area contributed by atoms with Gasteiger partial charge in [0.05, 0.1) is 11.0 Å². The summed E-state index contributed by atoms with van der Waals surface area (Å²) in [5.41, 5.74) is 5.64. The molecule has 0 saturated heterocycles. The molecule has 0 unspecified atom stereocenters. The van der Waals surface area contributed by atoms with Crippen molar-refractivity contribution in [3.63, 3.8) is 0 Å². The molecule has 0 aliphatic carbocycles. The Morgan fingerprint density at radius 3 is 2.32 bits per heavy atom. The van der Waals surface area contributed by atoms with Gasteiger partial charge in [0, 0.05) is 14.5 Å². The summed E-state index contributed by atoms with van der Waals surface area (Å²) in [5, 5.41) is 0. The zero-order valence-corrected chi connectivity index (χ0v) is 13.8. The van der Waals surface area contributed by atoms with E-state index in [1.54, 1.807) is 0 Å². The predicted octanol–water partition coefficient (Wildman–Crippen LogP) is 5.37. The maximum atomic E-state index is 4.71. The number of benzene rings is 2. The van der Waals surface area contributed by atoms with Gasteiger partial charge >= 0.3 is 0 Å². The molecule has 0 amide bonds. The van der Waals surface area contributed by atoms with E-state index in [1.807, 2.05) is 6.07 Å². The fourth-order valence-corrected chi connectivity index (χ4v) is 3.59. The van der Waals surface area contributed by atoms with Crippen molar-refractivity contribution in [3.05, 3.63) is 50.4 Å². The standard InChI is InChI=1S/C15H12Br2N2/c1-8-3-9(2)14-13(4-8)18-15(19-14)10-5-11(16)7-12(17)6-10/h3-7H,1-2H3,(H,18,19). The van der Waals surface area contributed by atoms with E-state index in [1.165, 1.54) is 11.1 Å². The van der Waals surface area contributed by atoms with Crippen LogP contribution in [0.1, 0.15) is 11.1 Å². The summed E-state index contributed by atoms with van der Waals surface area (Å²) in [4.78, 5) is 8.10. The lowest BCUT2D eigenvalue weighted by Crippen LogP contribution is -1.81. The highest BCUT2D eigenvalue weighted by molar-refractivity contribution is 9.11. The normalized spacial score (nSPS) is 11.2. The lowest BCUT2D eigenvalue weighted by molar-refractivity contribution is 1.32. The molecule has 3 rings (SSSR count). The SMILES string of the molecule is Cc1cc(C)c2nc(-c3cc(Br)cc(Br)c3)[nH]c2c1. The van der Waals surface area contributed by atoms with Gasteiger partial charge in [0.2, 0.25) is 0 Å². The van der Waals surface area contributed by atoms with Crippen LogP contribution in [0.3, 0.4) is 0 Å². The van der Waals surface area contributed by atoms with Gasteiger partial charge in [-0.15, -0.1) is 0 Å². The number of nitrogens with one attached hydrogen (secondary N) is 1. The lowest BCUT2D eigenvalue weighted by Gasteiger charge is -1.99. The molecule has 0 radical (unpaired) electrons. The minimum absolute atomic E-state index is 0.894. The molecular formula is C15H12Br2N2. The molecule has 3 aromatic rings. The number of aromatic nitrogens is 2. The summed E-state index contributed by atoms with van der Waals surface area (Å²) in [6.45, 7) is 4.19. The van der Waals surface area contributed by atoms with Crippen molar-refractivity contribution in [2.45, 2.75) is 13.8 Å². The van der Waals surface area contributed by atoms with Crippen molar-refractivity contribution >= 4 is 42.9 Å². The van der Waals surface area contributed by atoms with Gasteiger partial charge in [-0.3, -0.25) is 0 Å². The van der Waals surface area contributed by atoms with E-state index in [0.717, 1.165) is 31.4 Å². The van der Waals surface area contributed by atoms with Crippen LogP contribution in [0.25, 0.3) is 22.4 Å². The minimum atomic E-state index is 0.894. The van der Waals surface area contributed by atoms with E-state index in [-0.39, 0.29) is 0 Å². The molecule has 0 saturated carbocycles. The van der Waals surface area contributed by atoms with Crippen molar-refractivity contribution < 1.29 is 0 Å². The lowest BCUT2D eigenvalue weighted by atomic mass is 10.1. The third kappa shape index (κ3) is 2.47. The Kier molecular flexibility index (Phi) is 3.23. The van der Waals surface area contributed by atoms with Gasteiger partial charge in [-0.25, -0.2) is 4.98 Å². The molecule has 0 atom stereocenters. The second-order valence-corrected chi connectivity index (χ2v) is 6.55. The number of aryl methyl sites for hydroxylation is 2. The van der Waals surface area contributed by atoms with Crippen molar-refractivity contribution in [3.8, 4) is 11.4 Å². The van der Waals surface area contributed by atoms with Crippen LogP contribution in [0.5, 0.6) is 0 Å². The third-order valence-corrected chi connectivity index (χ3v) is 3.97. The molecule has 1 heterocycles. The second-order valence-electron chi connectivity index (χ2n) is 4.72.